The van der Waals surface area contributed by atoms with Crippen LogP contribution in [0, 0.1) is 0 Å². The predicted octanol–water partition coefficient (Wildman–Crippen LogP) is 2.02. The van der Waals surface area contributed by atoms with Crippen LogP contribution in [0.3, 0.4) is 0 Å². The number of carbonyl (C=O) groups excluding carboxylic acids is 1. The maximum absolute atomic E-state index is 10.5. The molecular formula is C5H6BrClO2. The molecule has 4 heteroatoms. The molecule has 0 aliphatic heterocycles. The van der Waals surface area contributed by atoms with Gasteiger partial charge in [-0.3, -0.25) is 0 Å². The summed E-state index contributed by atoms with van der Waals surface area (Å²) in [6, 6.07) is 0. The average Bonchev–Trinajstić information content (AvgIpc) is 1.63. The van der Waals surface area contributed by atoms with E-state index in [1.807, 2.05) is 0 Å². The van der Waals surface area contributed by atoms with Crippen molar-refractivity contribution in [1.82, 2.24) is 0 Å². The summed E-state index contributed by atoms with van der Waals surface area (Å²) in [4.78, 5) is 10.5. The van der Waals surface area contributed by atoms with Crippen LogP contribution in [0.15, 0.2) is 11.6 Å². The molecule has 0 bridgehead atoms. The Morgan fingerprint density at radius 3 is 2.44 bits per heavy atom. The van der Waals surface area contributed by atoms with E-state index in [1.165, 1.54) is 0 Å². The quantitative estimate of drug-likeness (QED) is 0.398. The Kier molecular flexibility index (Phi) is 3.89. The molecule has 1 atom stereocenters. The van der Waals surface area contributed by atoms with E-state index in [9.17, 15) is 4.79 Å². The van der Waals surface area contributed by atoms with Gasteiger partial charge in [0.25, 0.3) is 0 Å². The zero-order chi connectivity index (χ0) is 7.44. The van der Waals surface area contributed by atoms with Crippen LogP contribution in [0.4, 0.5) is 0 Å². The Morgan fingerprint density at radius 1 is 1.89 bits per heavy atom. The summed E-state index contributed by atoms with van der Waals surface area (Å²) >= 11 is 8.18. The lowest BCUT2D eigenvalue weighted by Gasteiger charge is -2.03. The number of halogens is 2. The molecule has 0 aliphatic carbocycles. The number of alkyl halides is 1. The van der Waals surface area contributed by atoms with Crippen molar-refractivity contribution < 1.29 is 9.53 Å². The monoisotopic (exact) mass is 212 g/mol. The van der Waals surface area contributed by atoms with Crippen molar-refractivity contribution in [2.24, 2.45) is 0 Å². The van der Waals surface area contributed by atoms with Gasteiger partial charge < -0.3 is 4.74 Å². The second kappa shape index (κ2) is 3.90. The minimum Gasteiger partial charge on any atom is -0.447 e. The van der Waals surface area contributed by atoms with Gasteiger partial charge in [0, 0.05) is 0 Å². The zero-order valence-corrected chi connectivity index (χ0v) is 7.20. The molecule has 0 radical (unpaired) electrons. The van der Waals surface area contributed by atoms with Gasteiger partial charge in [0.05, 0.1) is 0 Å². The number of hydrogen-bond acceptors (Lipinski definition) is 2. The molecular weight excluding hydrogens is 207 g/mol. The van der Waals surface area contributed by atoms with Crippen LogP contribution in [0.2, 0.25) is 0 Å². The van der Waals surface area contributed by atoms with Crippen LogP contribution < -0.4 is 0 Å². The lowest BCUT2D eigenvalue weighted by molar-refractivity contribution is -0.138. The van der Waals surface area contributed by atoms with Gasteiger partial charge in [-0.05, 0) is 22.9 Å². The van der Waals surface area contributed by atoms with Crippen molar-refractivity contribution in [3.63, 3.8) is 0 Å². The predicted molar refractivity (Wildman–Crippen MR) is 39.5 cm³/mol. The normalized spacial score (nSPS) is 12.3. The van der Waals surface area contributed by atoms with Crippen molar-refractivity contribution in [2.45, 2.75) is 11.9 Å². The van der Waals surface area contributed by atoms with Gasteiger partial charge in [0.15, 0.2) is 5.01 Å². The molecule has 0 aromatic heterocycles. The van der Waals surface area contributed by atoms with Crippen molar-refractivity contribution in [2.75, 3.05) is 0 Å². The average molecular weight is 213 g/mol. The summed E-state index contributed by atoms with van der Waals surface area (Å²) in [5.41, 5.74) is 0. The molecule has 2 nitrogen and oxygen atoms in total. The van der Waals surface area contributed by atoms with E-state index >= 15 is 0 Å². The first-order chi connectivity index (χ1) is 4.04. The third kappa shape index (κ3) is 4.48. The number of esters is 1. The number of carbonyl (C=O) groups is 1. The Hall–Kier alpha value is -0.0200. The molecule has 0 saturated heterocycles. The molecule has 0 aliphatic rings. The zero-order valence-electron chi connectivity index (χ0n) is 4.86. The fourth-order valence-electron chi connectivity index (χ4n) is 0.211. The molecule has 0 aromatic rings. The van der Waals surface area contributed by atoms with E-state index in [0.29, 0.717) is 0 Å². The topological polar surface area (TPSA) is 26.3 Å². The molecule has 0 rings (SSSR count). The van der Waals surface area contributed by atoms with Gasteiger partial charge >= 0.3 is 5.97 Å². The SMILES string of the molecule is C=C(Cl)C(=O)OC(C)Br. The maximum atomic E-state index is 10.5. The number of rotatable bonds is 2. The second-order valence-electron chi connectivity index (χ2n) is 1.35. The minimum atomic E-state index is -0.596. The van der Waals surface area contributed by atoms with Crippen LogP contribution in [0.5, 0.6) is 0 Å². The van der Waals surface area contributed by atoms with Crippen LogP contribution in [0.1, 0.15) is 6.92 Å². The van der Waals surface area contributed by atoms with Crippen LogP contribution in [0.25, 0.3) is 0 Å². The summed E-state index contributed by atoms with van der Waals surface area (Å²) in [6.45, 7) is 4.84. The summed E-state index contributed by atoms with van der Waals surface area (Å²) < 4.78 is 4.56. The molecule has 9 heavy (non-hydrogen) atoms. The highest BCUT2D eigenvalue weighted by atomic mass is 79.9. The molecule has 0 N–H and O–H groups in total. The second-order valence-corrected chi connectivity index (χ2v) is 3.10. The molecule has 0 heterocycles. The van der Waals surface area contributed by atoms with E-state index in [4.69, 9.17) is 11.6 Å². The van der Waals surface area contributed by atoms with Crippen molar-refractivity contribution in [3.05, 3.63) is 11.6 Å². The number of hydrogen-bond donors (Lipinski definition) is 0. The first kappa shape index (κ1) is 8.98. The van der Waals surface area contributed by atoms with Gasteiger partial charge in [-0.25, -0.2) is 4.79 Å². The first-order valence-electron chi connectivity index (χ1n) is 2.23. The molecule has 52 valence electrons. The smallest absolute Gasteiger partial charge is 0.350 e. The lowest BCUT2D eigenvalue weighted by Crippen LogP contribution is -2.07. The molecule has 1 unspecified atom stereocenters. The highest BCUT2D eigenvalue weighted by molar-refractivity contribution is 9.09. The van der Waals surface area contributed by atoms with Crippen LogP contribution >= 0.6 is 27.5 Å². The summed E-state index contributed by atoms with van der Waals surface area (Å²) in [5.74, 6) is -0.596. The van der Waals surface area contributed by atoms with Crippen molar-refractivity contribution >= 4 is 33.5 Å². The molecule has 0 amide bonds. The molecule has 0 spiro atoms. The third-order valence-corrected chi connectivity index (χ3v) is 0.832. The minimum absolute atomic E-state index is 0.110. The summed E-state index contributed by atoms with van der Waals surface area (Å²) in [6.07, 6.45) is 0. The van der Waals surface area contributed by atoms with E-state index in [0.717, 1.165) is 0 Å². The third-order valence-electron chi connectivity index (χ3n) is 0.491. The number of ether oxygens (including phenoxy) is 1. The van der Waals surface area contributed by atoms with Gasteiger partial charge in [-0.15, -0.1) is 0 Å². The summed E-state index contributed by atoms with van der Waals surface area (Å²) in [5, 5.41) is -0.429. The summed E-state index contributed by atoms with van der Waals surface area (Å²) in [7, 11) is 0. The van der Waals surface area contributed by atoms with E-state index < -0.39 is 5.97 Å². The highest BCUT2D eigenvalue weighted by Crippen LogP contribution is 2.06. The van der Waals surface area contributed by atoms with Gasteiger partial charge in [0.1, 0.15) is 5.03 Å². The van der Waals surface area contributed by atoms with Gasteiger partial charge in [0.2, 0.25) is 0 Å². The van der Waals surface area contributed by atoms with E-state index in [1.54, 1.807) is 6.92 Å². The Balaban J connectivity index is 3.65. The molecule has 0 fully saturated rings. The maximum Gasteiger partial charge on any atom is 0.350 e. The van der Waals surface area contributed by atoms with Crippen LogP contribution in [-0.4, -0.2) is 11.0 Å². The molecule has 0 saturated carbocycles. The molecule has 0 aromatic carbocycles. The standard InChI is InChI=1S/C5H6BrClO2/c1-3(7)5(8)9-4(2)6/h4H,1H2,2H3. The Bertz CT molecular complexity index is 133. The van der Waals surface area contributed by atoms with Crippen molar-refractivity contribution in [1.29, 1.82) is 0 Å². The van der Waals surface area contributed by atoms with Gasteiger partial charge in [-0.2, -0.15) is 0 Å². The van der Waals surface area contributed by atoms with Gasteiger partial charge in [-0.1, -0.05) is 18.2 Å². The Morgan fingerprint density at radius 2 is 2.33 bits per heavy atom. The highest BCUT2D eigenvalue weighted by Gasteiger charge is 2.06. The van der Waals surface area contributed by atoms with E-state index in [-0.39, 0.29) is 10.0 Å². The van der Waals surface area contributed by atoms with E-state index in [2.05, 4.69) is 27.2 Å². The fraction of sp³-hybridized carbons (Fsp3) is 0.400. The van der Waals surface area contributed by atoms with Crippen molar-refractivity contribution in [3.8, 4) is 0 Å². The first-order valence-corrected chi connectivity index (χ1v) is 3.53. The lowest BCUT2D eigenvalue weighted by atomic mass is 10.6. The Labute approximate surface area is 67.0 Å². The fourth-order valence-corrected chi connectivity index (χ4v) is 0.426. The largest absolute Gasteiger partial charge is 0.447 e. The van der Waals surface area contributed by atoms with Crippen LogP contribution in [-0.2, 0) is 9.53 Å².